The van der Waals surface area contributed by atoms with E-state index in [4.69, 9.17) is 11.6 Å². The number of hydrogen-bond donors (Lipinski definition) is 0. The lowest BCUT2D eigenvalue weighted by molar-refractivity contribution is -0.118. The van der Waals surface area contributed by atoms with Gasteiger partial charge in [0.15, 0.2) is 0 Å². The molecule has 0 N–H and O–H groups in total. The first kappa shape index (κ1) is 19.3. The van der Waals surface area contributed by atoms with Crippen LogP contribution in [0, 0.1) is 0 Å². The Morgan fingerprint density at radius 2 is 1.68 bits per heavy atom. The van der Waals surface area contributed by atoms with Crippen LogP contribution in [-0.4, -0.2) is 33.7 Å². The van der Waals surface area contributed by atoms with E-state index in [0.29, 0.717) is 17.3 Å². The van der Waals surface area contributed by atoms with Gasteiger partial charge in [0.25, 0.3) is 0 Å². The van der Waals surface area contributed by atoms with Crippen LogP contribution in [0.3, 0.4) is 0 Å². The topological polar surface area (TPSA) is 57.7 Å². The highest BCUT2D eigenvalue weighted by Crippen LogP contribution is 2.22. The minimum absolute atomic E-state index is 0.0569. The average molecular weight is 381 g/mol. The maximum atomic E-state index is 12.6. The Morgan fingerprint density at radius 3 is 2.24 bits per heavy atom. The molecule has 0 bridgehead atoms. The van der Waals surface area contributed by atoms with Crippen LogP contribution in [-0.2, 0) is 14.8 Å². The fourth-order valence-electron chi connectivity index (χ4n) is 2.56. The lowest BCUT2D eigenvalue weighted by Gasteiger charge is -2.25. The molecule has 134 valence electrons. The molecule has 0 saturated carbocycles. The number of amides is 1. The predicted octanol–water partition coefficient (Wildman–Crippen LogP) is 3.55. The molecule has 0 spiro atoms. The Balaban J connectivity index is 2.16. The summed E-state index contributed by atoms with van der Waals surface area (Å²) in [6, 6.07) is 15.9. The van der Waals surface area contributed by atoms with Crippen molar-refractivity contribution in [1.29, 1.82) is 0 Å². The molecule has 2 aromatic carbocycles. The molecule has 25 heavy (non-hydrogen) atoms. The molecule has 0 aliphatic carbocycles. The zero-order valence-electron chi connectivity index (χ0n) is 14.2. The van der Waals surface area contributed by atoms with Gasteiger partial charge in [0, 0.05) is 30.2 Å². The van der Waals surface area contributed by atoms with Gasteiger partial charge in [0.05, 0.1) is 11.9 Å². The summed E-state index contributed by atoms with van der Waals surface area (Å²) < 4.78 is 25.5. The second-order valence-electron chi connectivity index (χ2n) is 5.54. The fraction of sp³-hybridized carbons (Fsp3) is 0.278. The molecular formula is C18H21ClN2O3S. The van der Waals surface area contributed by atoms with Crippen molar-refractivity contribution in [2.75, 3.05) is 28.6 Å². The van der Waals surface area contributed by atoms with Crippen LogP contribution in [0.5, 0.6) is 0 Å². The third kappa shape index (κ3) is 5.21. The number of anilines is 2. The summed E-state index contributed by atoms with van der Waals surface area (Å²) in [5, 5.41) is 0.442. The van der Waals surface area contributed by atoms with Crippen molar-refractivity contribution in [1.82, 2.24) is 0 Å². The Hall–Kier alpha value is -2.05. The smallest absolute Gasteiger partial charge is 0.232 e. The summed E-state index contributed by atoms with van der Waals surface area (Å²) in [6.07, 6.45) is 1.19. The van der Waals surface area contributed by atoms with Gasteiger partial charge in [-0.05, 0) is 37.3 Å². The lowest BCUT2D eigenvalue weighted by atomic mass is 10.2. The third-order valence-corrected chi connectivity index (χ3v) is 5.14. The highest BCUT2D eigenvalue weighted by molar-refractivity contribution is 7.92. The fourth-order valence-corrected chi connectivity index (χ4v) is 3.66. The van der Waals surface area contributed by atoms with E-state index in [0.717, 1.165) is 11.9 Å². The number of para-hydroxylation sites is 1. The summed E-state index contributed by atoms with van der Waals surface area (Å²) >= 11 is 5.96. The Kier molecular flexibility index (Phi) is 6.45. The first-order valence-electron chi connectivity index (χ1n) is 7.91. The molecule has 1 amide bonds. The first-order chi connectivity index (χ1) is 11.8. The molecule has 0 aliphatic heterocycles. The van der Waals surface area contributed by atoms with Gasteiger partial charge in [-0.3, -0.25) is 9.10 Å². The lowest BCUT2D eigenvalue weighted by Crippen LogP contribution is -2.36. The van der Waals surface area contributed by atoms with Gasteiger partial charge < -0.3 is 4.90 Å². The number of benzene rings is 2. The highest BCUT2D eigenvalue weighted by Gasteiger charge is 2.21. The second-order valence-corrected chi connectivity index (χ2v) is 7.88. The quantitative estimate of drug-likeness (QED) is 0.738. The van der Waals surface area contributed by atoms with E-state index in [1.165, 1.54) is 4.31 Å². The number of nitrogens with zero attached hydrogens (tertiary/aromatic N) is 2. The number of rotatable bonds is 7. The van der Waals surface area contributed by atoms with Crippen LogP contribution in [0.4, 0.5) is 11.4 Å². The molecule has 2 aromatic rings. The summed E-state index contributed by atoms with van der Waals surface area (Å²) in [4.78, 5) is 14.2. The number of hydrogen-bond acceptors (Lipinski definition) is 3. The van der Waals surface area contributed by atoms with Crippen molar-refractivity contribution in [2.24, 2.45) is 0 Å². The van der Waals surface area contributed by atoms with Crippen molar-refractivity contribution >= 4 is 38.9 Å². The van der Waals surface area contributed by atoms with E-state index in [1.807, 2.05) is 37.3 Å². The maximum absolute atomic E-state index is 12.6. The van der Waals surface area contributed by atoms with E-state index >= 15 is 0 Å². The van der Waals surface area contributed by atoms with Gasteiger partial charge >= 0.3 is 0 Å². The maximum Gasteiger partial charge on any atom is 0.232 e. The number of sulfonamides is 1. The van der Waals surface area contributed by atoms with Crippen LogP contribution < -0.4 is 9.21 Å². The van der Waals surface area contributed by atoms with Gasteiger partial charge in [-0.2, -0.15) is 0 Å². The minimum atomic E-state index is -3.52. The molecular weight excluding hydrogens is 360 g/mol. The number of carbonyl (C=O) groups excluding carboxylic acids is 1. The summed E-state index contributed by atoms with van der Waals surface area (Å²) in [6.45, 7) is 2.45. The van der Waals surface area contributed by atoms with E-state index in [9.17, 15) is 13.2 Å². The Labute approximate surface area is 153 Å². The van der Waals surface area contributed by atoms with Crippen LogP contribution >= 0.6 is 11.6 Å². The van der Waals surface area contributed by atoms with E-state index < -0.39 is 10.0 Å². The van der Waals surface area contributed by atoms with Crippen LogP contribution in [0.2, 0.25) is 5.02 Å². The molecule has 0 fully saturated rings. The van der Waals surface area contributed by atoms with Gasteiger partial charge in [-0.15, -0.1) is 0 Å². The molecule has 0 radical (unpaired) electrons. The predicted molar refractivity (Wildman–Crippen MR) is 103 cm³/mol. The second kappa shape index (κ2) is 8.36. The van der Waals surface area contributed by atoms with E-state index in [-0.39, 0.29) is 18.9 Å². The SMILES string of the molecule is CCN(C(=O)CCN(c1cccc(Cl)c1)S(C)(=O)=O)c1ccccc1. The van der Waals surface area contributed by atoms with Crippen molar-refractivity contribution in [3.63, 3.8) is 0 Å². The molecule has 0 unspecified atom stereocenters. The Bertz CT molecular complexity index is 825. The van der Waals surface area contributed by atoms with Crippen molar-refractivity contribution in [3.8, 4) is 0 Å². The summed E-state index contributed by atoms with van der Waals surface area (Å²) in [5.41, 5.74) is 1.24. The van der Waals surface area contributed by atoms with Gasteiger partial charge in [0.1, 0.15) is 0 Å². The summed E-state index contributed by atoms with van der Waals surface area (Å²) in [7, 11) is -3.52. The van der Waals surface area contributed by atoms with Crippen molar-refractivity contribution in [3.05, 3.63) is 59.6 Å². The zero-order chi connectivity index (χ0) is 18.4. The van der Waals surface area contributed by atoms with Gasteiger partial charge in [-0.25, -0.2) is 8.42 Å². The zero-order valence-corrected chi connectivity index (χ0v) is 15.8. The largest absolute Gasteiger partial charge is 0.313 e. The highest BCUT2D eigenvalue weighted by atomic mass is 35.5. The molecule has 0 heterocycles. The molecule has 7 heteroatoms. The van der Waals surface area contributed by atoms with E-state index in [2.05, 4.69) is 0 Å². The summed E-state index contributed by atoms with van der Waals surface area (Å²) in [5.74, 6) is -0.135. The number of carbonyl (C=O) groups is 1. The molecule has 0 atom stereocenters. The van der Waals surface area contributed by atoms with Crippen LogP contribution in [0.25, 0.3) is 0 Å². The number of halogens is 1. The van der Waals surface area contributed by atoms with Crippen molar-refractivity contribution < 1.29 is 13.2 Å². The molecule has 0 aromatic heterocycles. The van der Waals surface area contributed by atoms with Gasteiger partial charge in [0.2, 0.25) is 15.9 Å². The van der Waals surface area contributed by atoms with E-state index in [1.54, 1.807) is 29.2 Å². The van der Waals surface area contributed by atoms with Crippen LogP contribution in [0.1, 0.15) is 13.3 Å². The molecule has 5 nitrogen and oxygen atoms in total. The standard InChI is InChI=1S/C18H21ClN2O3S/c1-3-20(16-9-5-4-6-10-16)18(22)12-13-21(25(2,23)24)17-11-7-8-15(19)14-17/h4-11,14H,3,12-13H2,1-2H3. The van der Waals surface area contributed by atoms with Crippen molar-refractivity contribution in [2.45, 2.75) is 13.3 Å². The Morgan fingerprint density at radius 1 is 1.04 bits per heavy atom. The molecule has 0 aliphatic rings. The minimum Gasteiger partial charge on any atom is -0.313 e. The molecule has 2 rings (SSSR count). The third-order valence-electron chi connectivity index (χ3n) is 3.71. The average Bonchev–Trinajstić information content (AvgIpc) is 2.55. The van der Waals surface area contributed by atoms with Crippen LogP contribution in [0.15, 0.2) is 54.6 Å². The monoisotopic (exact) mass is 380 g/mol. The van der Waals surface area contributed by atoms with Gasteiger partial charge in [-0.1, -0.05) is 35.9 Å². The first-order valence-corrected chi connectivity index (χ1v) is 10.1. The normalized spacial score (nSPS) is 11.2. The molecule has 0 saturated heterocycles.